The summed E-state index contributed by atoms with van der Waals surface area (Å²) in [6.07, 6.45) is 1.39. The van der Waals surface area contributed by atoms with E-state index in [2.05, 4.69) is 102 Å². The SMILES string of the molecule is CC(CC(Cc1ccc(-c2ccccc2)cc1)N(Cc1ccccc1)Cc1ccccc1)C(=O)O. The van der Waals surface area contributed by atoms with E-state index in [1.807, 2.05) is 25.1 Å². The van der Waals surface area contributed by atoms with Crippen LogP contribution in [0.4, 0.5) is 0 Å². The fourth-order valence-corrected chi connectivity index (χ4v) is 4.56. The van der Waals surface area contributed by atoms with Crippen LogP contribution in [0.3, 0.4) is 0 Å². The van der Waals surface area contributed by atoms with Crippen LogP contribution >= 0.6 is 0 Å². The molecule has 4 rings (SSSR count). The van der Waals surface area contributed by atoms with Crippen molar-refractivity contribution in [1.82, 2.24) is 4.90 Å². The normalized spacial score (nSPS) is 12.9. The van der Waals surface area contributed by atoms with Crippen molar-refractivity contribution >= 4 is 5.97 Å². The summed E-state index contributed by atoms with van der Waals surface area (Å²) < 4.78 is 0. The molecule has 0 radical (unpaired) electrons. The Hall–Kier alpha value is -3.69. The highest BCUT2D eigenvalue weighted by atomic mass is 16.4. The number of nitrogens with zero attached hydrogens (tertiary/aromatic N) is 1. The molecule has 1 N–H and O–H groups in total. The summed E-state index contributed by atoms with van der Waals surface area (Å²) in [7, 11) is 0. The maximum absolute atomic E-state index is 11.8. The molecule has 0 spiro atoms. The molecule has 35 heavy (non-hydrogen) atoms. The highest BCUT2D eigenvalue weighted by Gasteiger charge is 2.25. The van der Waals surface area contributed by atoms with E-state index >= 15 is 0 Å². The van der Waals surface area contributed by atoms with Gasteiger partial charge < -0.3 is 5.11 Å². The van der Waals surface area contributed by atoms with E-state index in [0.717, 1.165) is 19.5 Å². The number of benzene rings is 4. The van der Waals surface area contributed by atoms with Gasteiger partial charge in [-0.15, -0.1) is 0 Å². The predicted molar refractivity (Wildman–Crippen MR) is 143 cm³/mol. The molecule has 3 nitrogen and oxygen atoms in total. The van der Waals surface area contributed by atoms with Gasteiger partial charge in [0.15, 0.2) is 0 Å². The third-order valence-electron chi connectivity index (χ3n) is 6.55. The number of carboxylic acids is 1. The van der Waals surface area contributed by atoms with Gasteiger partial charge in [0.1, 0.15) is 0 Å². The predicted octanol–water partition coefficient (Wildman–Crippen LogP) is 7.08. The van der Waals surface area contributed by atoms with E-state index in [-0.39, 0.29) is 6.04 Å². The molecule has 0 heterocycles. The first-order chi connectivity index (χ1) is 17.1. The maximum atomic E-state index is 11.8. The zero-order valence-corrected chi connectivity index (χ0v) is 20.3. The first-order valence-electron chi connectivity index (χ1n) is 12.3. The van der Waals surface area contributed by atoms with Gasteiger partial charge >= 0.3 is 5.97 Å². The highest BCUT2D eigenvalue weighted by molar-refractivity contribution is 5.69. The van der Waals surface area contributed by atoms with E-state index in [1.165, 1.54) is 27.8 Å². The Balaban J connectivity index is 1.61. The van der Waals surface area contributed by atoms with Gasteiger partial charge in [0.2, 0.25) is 0 Å². The molecule has 0 saturated carbocycles. The molecule has 0 saturated heterocycles. The van der Waals surface area contributed by atoms with Crippen LogP contribution in [0.2, 0.25) is 0 Å². The van der Waals surface area contributed by atoms with Crippen LogP contribution in [0.15, 0.2) is 115 Å². The molecule has 0 fully saturated rings. The summed E-state index contributed by atoms with van der Waals surface area (Å²) in [5.74, 6) is -1.16. The molecule has 0 aliphatic rings. The molecule has 0 aliphatic carbocycles. The summed E-state index contributed by atoms with van der Waals surface area (Å²) in [5, 5.41) is 9.70. The van der Waals surface area contributed by atoms with Gasteiger partial charge in [-0.3, -0.25) is 9.69 Å². The lowest BCUT2D eigenvalue weighted by Gasteiger charge is -2.33. The van der Waals surface area contributed by atoms with Gasteiger partial charge in [-0.25, -0.2) is 0 Å². The Bertz CT molecular complexity index is 1130. The molecule has 2 atom stereocenters. The number of carbonyl (C=O) groups is 1. The zero-order chi connectivity index (χ0) is 24.5. The van der Waals surface area contributed by atoms with Crippen LogP contribution in [-0.4, -0.2) is 22.0 Å². The van der Waals surface area contributed by atoms with Crippen molar-refractivity contribution in [3.8, 4) is 11.1 Å². The molecule has 0 amide bonds. The first kappa shape index (κ1) is 24.4. The molecule has 3 heteroatoms. The summed E-state index contributed by atoms with van der Waals surface area (Å²) in [5.41, 5.74) is 6.07. The minimum atomic E-state index is -0.742. The van der Waals surface area contributed by atoms with Crippen LogP contribution < -0.4 is 0 Å². The number of aliphatic carboxylic acids is 1. The molecule has 4 aromatic rings. The highest BCUT2D eigenvalue weighted by Crippen LogP contribution is 2.24. The van der Waals surface area contributed by atoms with E-state index in [0.29, 0.717) is 6.42 Å². The van der Waals surface area contributed by atoms with E-state index in [1.54, 1.807) is 0 Å². The third-order valence-corrected chi connectivity index (χ3v) is 6.55. The Labute approximate surface area is 208 Å². The Kier molecular flexibility index (Phi) is 8.48. The second-order valence-electron chi connectivity index (χ2n) is 9.27. The third kappa shape index (κ3) is 7.14. The van der Waals surface area contributed by atoms with Crippen molar-refractivity contribution < 1.29 is 9.90 Å². The molecule has 0 aliphatic heterocycles. The smallest absolute Gasteiger partial charge is 0.306 e. The van der Waals surface area contributed by atoms with Crippen LogP contribution in [0, 0.1) is 5.92 Å². The number of hydrogen-bond donors (Lipinski definition) is 1. The zero-order valence-electron chi connectivity index (χ0n) is 20.3. The number of rotatable bonds is 11. The summed E-state index contributed by atoms with van der Waals surface area (Å²) >= 11 is 0. The van der Waals surface area contributed by atoms with Crippen molar-refractivity contribution in [3.05, 3.63) is 132 Å². The Morgan fingerprint density at radius 3 is 1.60 bits per heavy atom. The van der Waals surface area contributed by atoms with E-state index < -0.39 is 11.9 Å². The lowest BCUT2D eigenvalue weighted by atomic mass is 9.93. The maximum Gasteiger partial charge on any atom is 0.306 e. The van der Waals surface area contributed by atoms with Crippen molar-refractivity contribution in [2.24, 2.45) is 5.92 Å². The average Bonchev–Trinajstić information content (AvgIpc) is 2.90. The van der Waals surface area contributed by atoms with Gasteiger partial charge in [-0.2, -0.15) is 0 Å². The molecule has 0 bridgehead atoms. The van der Waals surface area contributed by atoms with Crippen LogP contribution in [0.25, 0.3) is 11.1 Å². The minimum Gasteiger partial charge on any atom is -0.481 e. The fraction of sp³-hybridized carbons (Fsp3) is 0.219. The van der Waals surface area contributed by atoms with E-state index in [9.17, 15) is 9.90 Å². The quantitative estimate of drug-likeness (QED) is 0.258. The van der Waals surface area contributed by atoms with Gasteiger partial charge in [-0.05, 0) is 40.7 Å². The summed E-state index contributed by atoms with van der Waals surface area (Å²) in [4.78, 5) is 14.2. The lowest BCUT2D eigenvalue weighted by molar-refractivity contribution is -0.141. The first-order valence-corrected chi connectivity index (χ1v) is 12.3. The Morgan fingerprint density at radius 2 is 1.11 bits per heavy atom. The van der Waals surface area contributed by atoms with Crippen molar-refractivity contribution in [1.29, 1.82) is 0 Å². The second kappa shape index (κ2) is 12.1. The van der Waals surface area contributed by atoms with E-state index in [4.69, 9.17) is 0 Å². The topological polar surface area (TPSA) is 40.5 Å². The number of hydrogen-bond acceptors (Lipinski definition) is 2. The van der Waals surface area contributed by atoms with Gasteiger partial charge in [0.05, 0.1) is 5.92 Å². The molecule has 0 aromatic heterocycles. The molecule has 178 valence electrons. The van der Waals surface area contributed by atoms with Gasteiger partial charge in [-0.1, -0.05) is 122 Å². The van der Waals surface area contributed by atoms with Crippen molar-refractivity contribution in [3.63, 3.8) is 0 Å². The van der Waals surface area contributed by atoms with Crippen LogP contribution in [-0.2, 0) is 24.3 Å². The second-order valence-corrected chi connectivity index (χ2v) is 9.27. The number of carboxylic acid groups (broad SMARTS) is 1. The molecule has 2 unspecified atom stereocenters. The molecule has 4 aromatic carbocycles. The van der Waals surface area contributed by atoms with Crippen molar-refractivity contribution in [2.45, 2.75) is 38.9 Å². The fourth-order valence-electron chi connectivity index (χ4n) is 4.56. The van der Waals surface area contributed by atoms with Crippen LogP contribution in [0.1, 0.15) is 30.0 Å². The van der Waals surface area contributed by atoms with Crippen LogP contribution in [0.5, 0.6) is 0 Å². The largest absolute Gasteiger partial charge is 0.481 e. The lowest BCUT2D eigenvalue weighted by Crippen LogP contribution is -2.38. The Morgan fingerprint density at radius 1 is 0.657 bits per heavy atom. The summed E-state index contributed by atoms with van der Waals surface area (Å²) in [6, 6.07) is 40.0. The molecular formula is C32H33NO2. The van der Waals surface area contributed by atoms with Crippen molar-refractivity contribution in [2.75, 3.05) is 0 Å². The summed E-state index contributed by atoms with van der Waals surface area (Å²) in [6.45, 7) is 3.36. The van der Waals surface area contributed by atoms with Gasteiger partial charge in [0.25, 0.3) is 0 Å². The monoisotopic (exact) mass is 463 g/mol. The standard InChI is InChI=1S/C32H33NO2/c1-25(32(34)35)21-31(22-26-17-19-30(20-18-26)29-15-9-4-10-16-29)33(23-27-11-5-2-6-12-27)24-28-13-7-3-8-14-28/h2-20,25,31H,21-24H2,1H3,(H,34,35). The average molecular weight is 464 g/mol. The molecular weight excluding hydrogens is 430 g/mol. The minimum absolute atomic E-state index is 0.0871. The van der Waals surface area contributed by atoms with Gasteiger partial charge in [0, 0.05) is 19.1 Å².